The van der Waals surface area contributed by atoms with Crippen LogP contribution in [-0.2, 0) is 23.4 Å². The maximum absolute atomic E-state index is 14.5. The quantitative estimate of drug-likeness (QED) is 0.407. The number of hydrogen-bond acceptors (Lipinski definition) is 3. The summed E-state index contributed by atoms with van der Waals surface area (Å²) in [7, 11) is 0. The van der Waals surface area contributed by atoms with Crippen molar-refractivity contribution in [1.82, 2.24) is 14.8 Å². The summed E-state index contributed by atoms with van der Waals surface area (Å²) >= 11 is 0. The molecule has 0 unspecified atom stereocenters. The predicted molar refractivity (Wildman–Crippen MR) is 138 cm³/mol. The van der Waals surface area contributed by atoms with Crippen LogP contribution in [0.2, 0.25) is 0 Å². The fourth-order valence-electron chi connectivity index (χ4n) is 5.95. The minimum atomic E-state index is -1.20. The molecule has 184 valence electrons. The summed E-state index contributed by atoms with van der Waals surface area (Å²) in [6.07, 6.45) is 5.39. The van der Waals surface area contributed by atoms with Crippen LogP contribution < -0.4 is 5.32 Å². The number of rotatable bonds is 5. The number of hydrogen-bond donors (Lipinski definition) is 1. The van der Waals surface area contributed by atoms with E-state index in [0.717, 1.165) is 48.1 Å². The summed E-state index contributed by atoms with van der Waals surface area (Å²) in [6, 6.07) is 23.6. The molecule has 1 aliphatic carbocycles. The van der Waals surface area contributed by atoms with Gasteiger partial charge in [0.15, 0.2) is 11.1 Å². The second kappa shape index (κ2) is 9.01. The lowest BCUT2D eigenvalue weighted by atomic mass is 9.83. The molecule has 1 atom stereocenters. The first-order chi connectivity index (χ1) is 17.6. The first kappa shape index (κ1) is 22.7. The number of fused-ring (bicyclic) bond motifs is 3. The van der Waals surface area contributed by atoms with Gasteiger partial charge in [0.2, 0.25) is 0 Å². The molecule has 1 aliphatic heterocycles. The van der Waals surface area contributed by atoms with E-state index in [2.05, 4.69) is 5.32 Å². The zero-order valence-corrected chi connectivity index (χ0v) is 20.6. The van der Waals surface area contributed by atoms with Crippen LogP contribution in [0.1, 0.15) is 59.5 Å². The van der Waals surface area contributed by atoms with E-state index < -0.39 is 5.54 Å². The maximum Gasteiger partial charge on any atom is 0.272 e. The Morgan fingerprint density at radius 3 is 2.42 bits per heavy atom. The molecule has 6 nitrogen and oxygen atoms in total. The topological polar surface area (TPSA) is 67.5 Å². The lowest BCUT2D eigenvalue weighted by Crippen LogP contribution is -2.64. The highest BCUT2D eigenvalue weighted by atomic mass is 16.3. The third-order valence-corrected chi connectivity index (χ3v) is 7.78. The number of amides is 2. The molecule has 6 heteroatoms. The van der Waals surface area contributed by atoms with E-state index in [1.54, 1.807) is 4.90 Å². The van der Waals surface area contributed by atoms with E-state index in [1.807, 2.05) is 84.3 Å². The first-order valence-electron chi connectivity index (χ1n) is 12.9. The van der Waals surface area contributed by atoms with E-state index >= 15 is 0 Å². The molecule has 1 saturated carbocycles. The monoisotopic (exact) mass is 481 g/mol. The molecule has 0 saturated heterocycles. The SMILES string of the molecule is Cc1cc2c(cc3n2C[C@](C(=O)NC2CCCCC2)(c2ccccc2)N(Cc2ccccc2)C3=O)o1. The Bertz CT molecular complexity index is 1400. The molecule has 0 spiro atoms. The van der Waals surface area contributed by atoms with Crippen LogP contribution in [0.25, 0.3) is 11.1 Å². The molecule has 2 amide bonds. The highest BCUT2D eigenvalue weighted by Crippen LogP contribution is 2.41. The molecular formula is C30H31N3O3. The number of aryl methyl sites for hydroxylation is 1. The van der Waals surface area contributed by atoms with Gasteiger partial charge in [-0.1, -0.05) is 79.9 Å². The van der Waals surface area contributed by atoms with Gasteiger partial charge in [0.05, 0.1) is 12.1 Å². The summed E-state index contributed by atoms with van der Waals surface area (Å²) in [5, 5.41) is 3.37. The highest BCUT2D eigenvalue weighted by molar-refractivity contribution is 6.03. The van der Waals surface area contributed by atoms with Crippen molar-refractivity contribution in [1.29, 1.82) is 0 Å². The van der Waals surface area contributed by atoms with E-state index in [4.69, 9.17) is 4.42 Å². The third kappa shape index (κ3) is 3.72. The van der Waals surface area contributed by atoms with Crippen molar-refractivity contribution < 1.29 is 14.0 Å². The molecule has 36 heavy (non-hydrogen) atoms. The van der Waals surface area contributed by atoms with Crippen LogP contribution >= 0.6 is 0 Å². The second-order valence-electron chi connectivity index (χ2n) is 10.1. The number of nitrogens with one attached hydrogen (secondary N) is 1. The van der Waals surface area contributed by atoms with Gasteiger partial charge >= 0.3 is 0 Å². The van der Waals surface area contributed by atoms with Crippen LogP contribution in [0.5, 0.6) is 0 Å². The van der Waals surface area contributed by atoms with Crippen molar-refractivity contribution >= 4 is 22.9 Å². The zero-order valence-electron chi connectivity index (χ0n) is 20.6. The Hall–Kier alpha value is -3.80. The number of carbonyl (C=O) groups excluding carboxylic acids is 2. The van der Waals surface area contributed by atoms with Crippen molar-refractivity contribution in [2.24, 2.45) is 0 Å². The van der Waals surface area contributed by atoms with Crippen LogP contribution in [0.3, 0.4) is 0 Å². The van der Waals surface area contributed by atoms with Gasteiger partial charge in [-0.15, -0.1) is 0 Å². The van der Waals surface area contributed by atoms with Crippen molar-refractivity contribution in [3.05, 3.63) is 95.4 Å². The molecule has 2 aromatic heterocycles. The highest BCUT2D eigenvalue weighted by Gasteiger charge is 2.53. The van der Waals surface area contributed by atoms with Gasteiger partial charge < -0.3 is 19.2 Å². The van der Waals surface area contributed by atoms with Crippen molar-refractivity contribution in [2.75, 3.05) is 0 Å². The fourth-order valence-corrected chi connectivity index (χ4v) is 5.95. The molecular weight excluding hydrogens is 450 g/mol. The molecule has 2 aromatic carbocycles. The molecule has 1 fully saturated rings. The van der Waals surface area contributed by atoms with E-state index in [9.17, 15) is 9.59 Å². The standard InChI is InChI=1S/C30H31N3O3/c1-21-17-25-27(36-21)18-26-28(34)33(19-22-11-5-2-6-12-22)30(20-32(25)26,23-13-7-3-8-14-23)29(35)31-24-15-9-4-10-16-24/h2-3,5-8,11-14,17-18,24H,4,9-10,15-16,19-20H2,1H3,(H,31,35)/t30-/m1/s1. The maximum atomic E-state index is 14.5. The van der Waals surface area contributed by atoms with Crippen molar-refractivity contribution in [3.63, 3.8) is 0 Å². The van der Waals surface area contributed by atoms with Gasteiger partial charge in [-0.2, -0.15) is 0 Å². The molecule has 1 N–H and O–H groups in total. The molecule has 6 rings (SSSR count). The van der Waals surface area contributed by atoms with E-state index in [0.29, 0.717) is 24.4 Å². The lowest BCUT2D eigenvalue weighted by molar-refractivity contribution is -0.136. The van der Waals surface area contributed by atoms with Crippen LogP contribution in [-0.4, -0.2) is 27.3 Å². The van der Waals surface area contributed by atoms with Crippen LogP contribution in [0, 0.1) is 6.92 Å². The number of carbonyl (C=O) groups is 2. The number of benzene rings is 2. The Morgan fingerprint density at radius 1 is 1.00 bits per heavy atom. The van der Waals surface area contributed by atoms with Crippen LogP contribution in [0.15, 0.2) is 77.2 Å². The smallest absolute Gasteiger partial charge is 0.272 e. The van der Waals surface area contributed by atoms with Crippen molar-refractivity contribution in [3.8, 4) is 0 Å². The van der Waals surface area contributed by atoms with Crippen LogP contribution in [0.4, 0.5) is 0 Å². The fraction of sp³-hybridized carbons (Fsp3) is 0.333. The minimum Gasteiger partial charge on any atom is -0.460 e. The summed E-state index contributed by atoms with van der Waals surface area (Å²) in [5.74, 6) is 0.501. The summed E-state index contributed by atoms with van der Waals surface area (Å²) in [6.45, 7) is 2.56. The van der Waals surface area contributed by atoms with E-state index in [-0.39, 0.29) is 17.9 Å². The predicted octanol–water partition coefficient (Wildman–Crippen LogP) is 5.54. The summed E-state index contributed by atoms with van der Waals surface area (Å²) in [5.41, 5.74) is 2.67. The number of aromatic nitrogens is 1. The zero-order chi connectivity index (χ0) is 24.7. The van der Waals surface area contributed by atoms with Gasteiger partial charge in [0.1, 0.15) is 11.5 Å². The third-order valence-electron chi connectivity index (χ3n) is 7.78. The Balaban J connectivity index is 1.53. The number of furan rings is 1. The largest absolute Gasteiger partial charge is 0.460 e. The molecule has 0 radical (unpaired) electrons. The average molecular weight is 482 g/mol. The summed E-state index contributed by atoms with van der Waals surface area (Å²) < 4.78 is 7.86. The molecule has 4 aromatic rings. The van der Waals surface area contributed by atoms with Gasteiger partial charge in [-0.3, -0.25) is 9.59 Å². The summed E-state index contributed by atoms with van der Waals surface area (Å²) in [4.78, 5) is 30.5. The van der Waals surface area contributed by atoms with Gasteiger partial charge in [0.25, 0.3) is 11.8 Å². The average Bonchev–Trinajstić information content (AvgIpc) is 3.43. The van der Waals surface area contributed by atoms with Crippen molar-refractivity contribution in [2.45, 2.75) is 63.7 Å². The number of nitrogens with zero attached hydrogens (tertiary/aromatic N) is 2. The second-order valence-corrected chi connectivity index (χ2v) is 10.1. The Morgan fingerprint density at radius 2 is 1.69 bits per heavy atom. The van der Waals surface area contributed by atoms with Gasteiger partial charge in [-0.05, 0) is 30.9 Å². The molecule has 3 heterocycles. The lowest BCUT2D eigenvalue weighted by Gasteiger charge is -2.47. The Kier molecular flexibility index (Phi) is 5.67. The van der Waals surface area contributed by atoms with Gasteiger partial charge in [0, 0.05) is 24.7 Å². The van der Waals surface area contributed by atoms with E-state index in [1.165, 1.54) is 6.42 Å². The minimum absolute atomic E-state index is 0.113. The molecule has 0 bridgehead atoms. The molecule has 2 aliphatic rings. The van der Waals surface area contributed by atoms with Gasteiger partial charge in [-0.25, -0.2) is 0 Å². The Labute approximate surface area is 210 Å². The first-order valence-corrected chi connectivity index (χ1v) is 12.9. The normalized spacial score (nSPS) is 20.5.